The van der Waals surface area contributed by atoms with Gasteiger partial charge in [0.05, 0.1) is 5.69 Å². The Kier molecular flexibility index (Phi) is 4.93. The zero-order chi connectivity index (χ0) is 13.8. The van der Waals surface area contributed by atoms with E-state index in [2.05, 4.69) is 24.1 Å². The van der Waals surface area contributed by atoms with Crippen LogP contribution in [0.25, 0.3) is 0 Å². The van der Waals surface area contributed by atoms with Crippen LogP contribution in [-0.2, 0) is 6.54 Å². The van der Waals surface area contributed by atoms with E-state index in [4.69, 9.17) is 5.11 Å². The highest BCUT2D eigenvalue weighted by Gasteiger charge is 2.27. The van der Waals surface area contributed by atoms with Gasteiger partial charge < -0.3 is 10.4 Å². The van der Waals surface area contributed by atoms with Gasteiger partial charge in [0.25, 0.3) is 0 Å². The lowest BCUT2D eigenvalue weighted by Crippen LogP contribution is -2.40. The van der Waals surface area contributed by atoms with Gasteiger partial charge in [0, 0.05) is 18.0 Å². The molecule has 4 nitrogen and oxygen atoms in total. The molecule has 0 aliphatic heterocycles. The molecule has 2 rings (SSSR count). The van der Waals surface area contributed by atoms with Crippen molar-refractivity contribution in [2.45, 2.75) is 52.1 Å². The zero-order valence-corrected chi connectivity index (χ0v) is 12.4. The largest absolute Gasteiger partial charge is 0.476 e. The van der Waals surface area contributed by atoms with E-state index in [-0.39, 0.29) is 5.01 Å². The number of carboxylic acids is 1. The number of carbonyl (C=O) groups is 1. The first kappa shape index (κ1) is 14.5. The Morgan fingerprint density at radius 2 is 2.26 bits per heavy atom. The van der Waals surface area contributed by atoms with Crippen molar-refractivity contribution in [1.29, 1.82) is 0 Å². The van der Waals surface area contributed by atoms with Crippen molar-refractivity contribution in [1.82, 2.24) is 10.3 Å². The van der Waals surface area contributed by atoms with Crippen LogP contribution < -0.4 is 5.32 Å². The Balaban J connectivity index is 1.90. The number of carboxylic acid groups (broad SMARTS) is 1. The molecule has 0 radical (unpaired) electrons. The Bertz CT molecular complexity index is 431. The molecule has 2 atom stereocenters. The topological polar surface area (TPSA) is 62.2 Å². The summed E-state index contributed by atoms with van der Waals surface area (Å²) in [6, 6.07) is 0.545. The molecule has 106 valence electrons. The lowest BCUT2D eigenvalue weighted by atomic mass is 9.78. The number of rotatable bonds is 5. The van der Waals surface area contributed by atoms with Gasteiger partial charge >= 0.3 is 5.97 Å². The molecular weight excluding hydrogens is 260 g/mol. The highest BCUT2D eigenvalue weighted by atomic mass is 32.1. The molecule has 1 saturated carbocycles. The van der Waals surface area contributed by atoms with Gasteiger partial charge in [0.15, 0.2) is 0 Å². The summed E-state index contributed by atoms with van der Waals surface area (Å²) in [5.74, 6) is 0.489. The van der Waals surface area contributed by atoms with Gasteiger partial charge in [-0.3, -0.25) is 0 Å². The summed E-state index contributed by atoms with van der Waals surface area (Å²) in [6.07, 6.45) is 5.14. The van der Waals surface area contributed by atoms with Crippen LogP contribution in [0.2, 0.25) is 0 Å². The molecule has 1 aromatic heterocycles. The van der Waals surface area contributed by atoms with Crippen LogP contribution in [0.5, 0.6) is 0 Å². The predicted octanol–water partition coefficient (Wildman–Crippen LogP) is 3.15. The van der Waals surface area contributed by atoms with Crippen molar-refractivity contribution in [3.05, 3.63) is 16.1 Å². The summed E-state index contributed by atoms with van der Waals surface area (Å²) >= 11 is 1.20. The number of nitrogens with one attached hydrogen (secondary N) is 1. The van der Waals surface area contributed by atoms with Crippen LogP contribution in [0.4, 0.5) is 0 Å². The number of thiazole rings is 1. The van der Waals surface area contributed by atoms with Gasteiger partial charge in [0.2, 0.25) is 5.01 Å². The van der Waals surface area contributed by atoms with Crippen LogP contribution in [0, 0.1) is 11.8 Å². The molecule has 1 aliphatic carbocycles. The highest BCUT2D eigenvalue weighted by molar-refractivity contribution is 7.11. The summed E-state index contributed by atoms with van der Waals surface area (Å²) in [7, 11) is 0. The van der Waals surface area contributed by atoms with Gasteiger partial charge in [-0.05, 0) is 24.7 Å². The Morgan fingerprint density at radius 1 is 1.53 bits per heavy atom. The second-order valence-corrected chi connectivity index (χ2v) is 6.49. The maximum Gasteiger partial charge on any atom is 0.365 e. The van der Waals surface area contributed by atoms with Gasteiger partial charge in [-0.1, -0.05) is 26.7 Å². The van der Waals surface area contributed by atoms with Gasteiger partial charge in [-0.2, -0.15) is 0 Å². The molecule has 0 bridgehead atoms. The summed E-state index contributed by atoms with van der Waals surface area (Å²) < 4.78 is 0. The standard InChI is InChI=1S/C14H22N2O2S/c1-9(2)11-5-3-4-6-12(11)15-7-10-8-19-13(16-10)14(17)18/h8-9,11-12,15H,3-7H2,1-2H3,(H,17,18). The third-order valence-electron chi connectivity index (χ3n) is 3.96. The number of aromatic nitrogens is 1. The third-order valence-corrected chi connectivity index (χ3v) is 4.83. The summed E-state index contributed by atoms with van der Waals surface area (Å²) in [4.78, 5) is 14.9. The van der Waals surface area contributed by atoms with Gasteiger partial charge in [-0.15, -0.1) is 11.3 Å². The minimum Gasteiger partial charge on any atom is -0.476 e. The molecule has 2 unspecified atom stereocenters. The number of nitrogens with zero attached hydrogens (tertiary/aromatic N) is 1. The van der Waals surface area contributed by atoms with Crippen molar-refractivity contribution < 1.29 is 9.90 Å². The van der Waals surface area contributed by atoms with Crippen LogP contribution in [0.3, 0.4) is 0 Å². The van der Waals surface area contributed by atoms with E-state index < -0.39 is 5.97 Å². The summed E-state index contributed by atoms with van der Waals surface area (Å²) in [5.41, 5.74) is 0.843. The van der Waals surface area contributed by atoms with E-state index in [1.54, 1.807) is 0 Å². The molecule has 0 spiro atoms. The van der Waals surface area contributed by atoms with E-state index >= 15 is 0 Å². The Hall–Kier alpha value is -0.940. The number of hydrogen-bond acceptors (Lipinski definition) is 4. The molecule has 1 heterocycles. The van der Waals surface area contributed by atoms with Crippen LogP contribution in [-0.4, -0.2) is 22.1 Å². The summed E-state index contributed by atoms with van der Waals surface area (Å²) in [6.45, 7) is 5.25. The molecule has 1 fully saturated rings. The predicted molar refractivity (Wildman–Crippen MR) is 76.5 cm³/mol. The zero-order valence-electron chi connectivity index (χ0n) is 11.6. The van der Waals surface area contributed by atoms with Crippen molar-refractivity contribution in [3.8, 4) is 0 Å². The fourth-order valence-corrected chi connectivity index (χ4v) is 3.59. The molecule has 19 heavy (non-hydrogen) atoms. The average molecular weight is 282 g/mol. The maximum atomic E-state index is 10.8. The van der Waals surface area contributed by atoms with E-state index in [0.29, 0.717) is 18.5 Å². The minimum absolute atomic E-state index is 0.181. The molecule has 0 aromatic carbocycles. The van der Waals surface area contributed by atoms with E-state index in [1.807, 2.05) is 5.38 Å². The molecule has 5 heteroatoms. The van der Waals surface area contributed by atoms with Crippen molar-refractivity contribution in [3.63, 3.8) is 0 Å². The molecule has 0 saturated heterocycles. The lowest BCUT2D eigenvalue weighted by molar-refractivity contribution is 0.0696. The molecule has 1 aliphatic rings. The second kappa shape index (κ2) is 6.48. The third kappa shape index (κ3) is 3.76. The van der Waals surface area contributed by atoms with Crippen LogP contribution in [0.1, 0.15) is 55.0 Å². The number of aromatic carboxylic acids is 1. The summed E-state index contributed by atoms with van der Waals surface area (Å²) in [5, 5.41) is 14.4. The van der Waals surface area contributed by atoms with Crippen molar-refractivity contribution in [2.24, 2.45) is 11.8 Å². The first-order valence-corrected chi connectivity index (χ1v) is 7.87. The van der Waals surface area contributed by atoms with Gasteiger partial charge in [-0.25, -0.2) is 9.78 Å². The quantitative estimate of drug-likeness (QED) is 0.871. The minimum atomic E-state index is -0.936. The number of hydrogen-bond donors (Lipinski definition) is 2. The van der Waals surface area contributed by atoms with Crippen molar-refractivity contribution >= 4 is 17.3 Å². The molecule has 1 aromatic rings. The van der Waals surface area contributed by atoms with E-state index in [9.17, 15) is 4.79 Å². The maximum absolute atomic E-state index is 10.8. The highest BCUT2D eigenvalue weighted by Crippen LogP contribution is 2.30. The fourth-order valence-electron chi connectivity index (χ4n) is 2.93. The van der Waals surface area contributed by atoms with Crippen LogP contribution >= 0.6 is 11.3 Å². The Morgan fingerprint density at radius 3 is 2.89 bits per heavy atom. The second-order valence-electron chi connectivity index (χ2n) is 5.63. The first-order valence-electron chi connectivity index (χ1n) is 6.99. The normalized spacial score (nSPS) is 23.7. The SMILES string of the molecule is CC(C)C1CCCCC1NCc1csc(C(=O)O)n1. The molecular formula is C14H22N2O2S. The average Bonchev–Trinajstić information content (AvgIpc) is 2.85. The Labute approximate surface area is 118 Å². The smallest absolute Gasteiger partial charge is 0.365 e. The lowest BCUT2D eigenvalue weighted by Gasteiger charge is -2.35. The first-order chi connectivity index (χ1) is 9.08. The monoisotopic (exact) mass is 282 g/mol. The van der Waals surface area contributed by atoms with Crippen LogP contribution in [0.15, 0.2) is 5.38 Å². The fraction of sp³-hybridized carbons (Fsp3) is 0.714. The molecule has 2 N–H and O–H groups in total. The molecule has 0 amide bonds. The van der Waals surface area contributed by atoms with E-state index in [1.165, 1.54) is 37.0 Å². The van der Waals surface area contributed by atoms with Gasteiger partial charge in [0.1, 0.15) is 0 Å². The van der Waals surface area contributed by atoms with Crippen molar-refractivity contribution in [2.75, 3.05) is 0 Å². The van der Waals surface area contributed by atoms with E-state index in [0.717, 1.165) is 11.6 Å².